The van der Waals surface area contributed by atoms with E-state index in [1.54, 1.807) is 7.11 Å². The number of ether oxygens (including phenoxy) is 1. The van der Waals surface area contributed by atoms with Gasteiger partial charge in [-0.2, -0.15) is 0 Å². The zero-order valence-corrected chi connectivity index (χ0v) is 12.7. The van der Waals surface area contributed by atoms with E-state index < -0.39 is 0 Å². The molecule has 0 aliphatic rings. The van der Waals surface area contributed by atoms with Crippen molar-refractivity contribution in [2.24, 2.45) is 5.73 Å². The lowest BCUT2D eigenvalue weighted by Crippen LogP contribution is -2.14. The summed E-state index contributed by atoms with van der Waals surface area (Å²) in [6.07, 6.45) is 0.820. The normalized spacial score (nSPS) is 12.2. The monoisotopic (exact) mass is 269 g/mol. The van der Waals surface area contributed by atoms with Crippen LogP contribution in [0.4, 0.5) is 0 Å². The summed E-state index contributed by atoms with van der Waals surface area (Å²) in [4.78, 5) is 0. The Kier molecular flexibility index (Phi) is 4.46. The molecule has 20 heavy (non-hydrogen) atoms. The second kappa shape index (κ2) is 6.10. The van der Waals surface area contributed by atoms with Crippen LogP contribution in [0.1, 0.15) is 33.9 Å². The molecule has 1 atom stereocenters. The van der Waals surface area contributed by atoms with Gasteiger partial charge in [-0.3, -0.25) is 0 Å². The molecule has 0 aliphatic carbocycles. The Morgan fingerprint density at radius 2 is 1.75 bits per heavy atom. The molecule has 2 nitrogen and oxygen atoms in total. The van der Waals surface area contributed by atoms with Gasteiger partial charge in [0, 0.05) is 11.6 Å². The van der Waals surface area contributed by atoms with Crippen LogP contribution in [0.3, 0.4) is 0 Å². The van der Waals surface area contributed by atoms with E-state index in [2.05, 4.69) is 51.1 Å². The van der Waals surface area contributed by atoms with Gasteiger partial charge in [-0.25, -0.2) is 0 Å². The Hall–Kier alpha value is -1.80. The van der Waals surface area contributed by atoms with Crippen molar-refractivity contribution in [2.75, 3.05) is 7.11 Å². The van der Waals surface area contributed by atoms with Crippen molar-refractivity contribution in [1.29, 1.82) is 0 Å². The summed E-state index contributed by atoms with van der Waals surface area (Å²) >= 11 is 0. The van der Waals surface area contributed by atoms with E-state index in [4.69, 9.17) is 10.5 Å². The molecule has 0 saturated heterocycles. The van der Waals surface area contributed by atoms with Crippen molar-refractivity contribution >= 4 is 0 Å². The zero-order chi connectivity index (χ0) is 14.7. The predicted molar refractivity (Wildman–Crippen MR) is 84.3 cm³/mol. The summed E-state index contributed by atoms with van der Waals surface area (Å²) in [5.74, 6) is 0.876. The minimum Gasteiger partial charge on any atom is -0.496 e. The first-order chi connectivity index (χ1) is 9.51. The molecule has 0 radical (unpaired) electrons. The van der Waals surface area contributed by atoms with Crippen LogP contribution in [-0.2, 0) is 6.42 Å². The predicted octanol–water partition coefficient (Wildman–Crippen LogP) is 3.86. The first kappa shape index (κ1) is 14.6. The van der Waals surface area contributed by atoms with E-state index in [-0.39, 0.29) is 6.04 Å². The minimum absolute atomic E-state index is 0.0485. The van der Waals surface area contributed by atoms with E-state index >= 15 is 0 Å². The standard InChI is InChI=1S/C18H23NO/c1-12-5-8-16(18(9-12)20-4)17(19)11-15-7-6-13(2)14(3)10-15/h5-10,17H,11,19H2,1-4H3. The zero-order valence-electron chi connectivity index (χ0n) is 12.7. The highest BCUT2D eigenvalue weighted by Gasteiger charge is 2.13. The lowest BCUT2D eigenvalue weighted by molar-refractivity contribution is 0.405. The summed E-state index contributed by atoms with van der Waals surface area (Å²) in [5.41, 5.74) is 12.5. The van der Waals surface area contributed by atoms with Gasteiger partial charge in [-0.05, 0) is 55.5 Å². The summed E-state index contributed by atoms with van der Waals surface area (Å²) in [6, 6.07) is 12.7. The first-order valence-electron chi connectivity index (χ1n) is 6.97. The topological polar surface area (TPSA) is 35.2 Å². The number of aryl methyl sites for hydroxylation is 3. The smallest absolute Gasteiger partial charge is 0.123 e. The number of hydrogen-bond donors (Lipinski definition) is 1. The lowest BCUT2D eigenvalue weighted by atomic mass is 9.96. The Morgan fingerprint density at radius 1 is 1.00 bits per heavy atom. The molecule has 2 heteroatoms. The van der Waals surface area contributed by atoms with Crippen molar-refractivity contribution < 1.29 is 4.74 Å². The van der Waals surface area contributed by atoms with Gasteiger partial charge in [0.1, 0.15) is 5.75 Å². The molecule has 0 aliphatic heterocycles. The summed E-state index contributed by atoms with van der Waals surface area (Å²) < 4.78 is 5.45. The van der Waals surface area contributed by atoms with Gasteiger partial charge in [0.15, 0.2) is 0 Å². The largest absolute Gasteiger partial charge is 0.496 e. The van der Waals surface area contributed by atoms with Gasteiger partial charge < -0.3 is 10.5 Å². The fourth-order valence-corrected chi connectivity index (χ4v) is 2.42. The fraction of sp³-hybridized carbons (Fsp3) is 0.333. The Balaban J connectivity index is 2.23. The van der Waals surface area contributed by atoms with E-state index in [1.165, 1.54) is 22.3 Å². The molecule has 2 aromatic carbocycles. The molecule has 0 spiro atoms. The fourth-order valence-electron chi connectivity index (χ4n) is 2.42. The third-order valence-electron chi connectivity index (χ3n) is 3.82. The maximum atomic E-state index is 6.36. The highest BCUT2D eigenvalue weighted by atomic mass is 16.5. The molecule has 2 rings (SSSR count). The highest BCUT2D eigenvalue weighted by molar-refractivity contribution is 5.40. The third-order valence-corrected chi connectivity index (χ3v) is 3.82. The van der Waals surface area contributed by atoms with Crippen molar-refractivity contribution in [2.45, 2.75) is 33.2 Å². The number of rotatable bonds is 4. The van der Waals surface area contributed by atoms with Crippen LogP contribution < -0.4 is 10.5 Å². The van der Waals surface area contributed by atoms with Gasteiger partial charge in [0.25, 0.3) is 0 Å². The minimum atomic E-state index is -0.0485. The summed E-state index contributed by atoms with van der Waals surface area (Å²) in [7, 11) is 1.70. The van der Waals surface area contributed by atoms with Crippen LogP contribution in [-0.4, -0.2) is 7.11 Å². The van der Waals surface area contributed by atoms with Crippen molar-refractivity contribution in [3.8, 4) is 5.75 Å². The molecular formula is C18H23NO. The molecule has 0 bridgehead atoms. The van der Waals surface area contributed by atoms with E-state index in [9.17, 15) is 0 Å². The second-order valence-electron chi connectivity index (χ2n) is 5.47. The quantitative estimate of drug-likeness (QED) is 0.914. The van der Waals surface area contributed by atoms with Crippen molar-refractivity contribution in [1.82, 2.24) is 0 Å². The van der Waals surface area contributed by atoms with E-state index in [0.29, 0.717) is 0 Å². The van der Waals surface area contributed by atoms with Crippen molar-refractivity contribution in [3.63, 3.8) is 0 Å². The molecule has 0 heterocycles. The van der Waals surface area contributed by atoms with Crippen LogP contribution in [0, 0.1) is 20.8 Å². The average molecular weight is 269 g/mol. The van der Waals surface area contributed by atoms with Crippen LogP contribution in [0.25, 0.3) is 0 Å². The van der Waals surface area contributed by atoms with Gasteiger partial charge in [-0.15, -0.1) is 0 Å². The number of methoxy groups -OCH3 is 1. The Morgan fingerprint density at radius 3 is 2.40 bits per heavy atom. The molecule has 2 aromatic rings. The molecule has 0 aromatic heterocycles. The van der Waals surface area contributed by atoms with Crippen molar-refractivity contribution in [3.05, 3.63) is 64.2 Å². The number of nitrogens with two attached hydrogens (primary N) is 1. The highest BCUT2D eigenvalue weighted by Crippen LogP contribution is 2.27. The number of hydrogen-bond acceptors (Lipinski definition) is 2. The van der Waals surface area contributed by atoms with Crippen LogP contribution in [0.15, 0.2) is 36.4 Å². The molecular weight excluding hydrogens is 246 g/mol. The SMILES string of the molecule is COc1cc(C)ccc1C(N)Cc1ccc(C)c(C)c1. The van der Waals surface area contributed by atoms with Crippen LogP contribution in [0.5, 0.6) is 5.75 Å². The third kappa shape index (κ3) is 3.20. The Bertz CT molecular complexity index is 604. The summed E-state index contributed by atoms with van der Waals surface area (Å²) in [6.45, 7) is 6.32. The van der Waals surface area contributed by atoms with E-state index in [0.717, 1.165) is 17.7 Å². The second-order valence-corrected chi connectivity index (χ2v) is 5.47. The maximum Gasteiger partial charge on any atom is 0.123 e. The average Bonchev–Trinajstić information content (AvgIpc) is 2.42. The lowest BCUT2D eigenvalue weighted by Gasteiger charge is -2.17. The summed E-state index contributed by atoms with van der Waals surface area (Å²) in [5, 5.41) is 0. The van der Waals surface area contributed by atoms with Gasteiger partial charge >= 0.3 is 0 Å². The first-order valence-corrected chi connectivity index (χ1v) is 6.97. The van der Waals surface area contributed by atoms with Gasteiger partial charge in [-0.1, -0.05) is 30.3 Å². The molecule has 1 unspecified atom stereocenters. The van der Waals surface area contributed by atoms with Gasteiger partial charge in [0.2, 0.25) is 0 Å². The number of benzene rings is 2. The van der Waals surface area contributed by atoms with Crippen LogP contribution >= 0.6 is 0 Å². The van der Waals surface area contributed by atoms with E-state index in [1.807, 2.05) is 6.07 Å². The molecule has 2 N–H and O–H groups in total. The maximum absolute atomic E-state index is 6.36. The molecule has 0 amide bonds. The Labute approximate surface area is 121 Å². The van der Waals surface area contributed by atoms with Gasteiger partial charge in [0.05, 0.1) is 7.11 Å². The molecule has 0 fully saturated rings. The molecule has 106 valence electrons. The molecule has 0 saturated carbocycles. The van der Waals surface area contributed by atoms with Crippen LogP contribution in [0.2, 0.25) is 0 Å².